The topological polar surface area (TPSA) is 62.2 Å². The highest BCUT2D eigenvalue weighted by Crippen LogP contribution is 2.16. The molecule has 1 aromatic heterocycles. The smallest absolute Gasteiger partial charge is 0.252 e. The summed E-state index contributed by atoms with van der Waals surface area (Å²) < 4.78 is 0. The van der Waals surface area contributed by atoms with E-state index in [1.54, 1.807) is 25.3 Å². The van der Waals surface area contributed by atoms with Gasteiger partial charge in [0, 0.05) is 23.7 Å². The molecule has 0 bridgehead atoms. The Kier molecular flexibility index (Phi) is 3.81. The monoisotopic (exact) mass is 258 g/mol. The van der Waals surface area contributed by atoms with Gasteiger partial charge in [0.25, 0.3) is 5.91 Å². The molecule has 2 aromatic rings. The number of carbonyl (C=O) groups excluding carboxylic acids is 1. The first-order valence-corrected chi connectivity index (χ1v) is 6.38. The van der Waals surface area contributed by atoms with Gasteiger partial charge in [-0.15, -0.1) is 0 Å². The molecule has 0 radical (unpaired) electrons. The number of rotatable bonds is 4. The number of benzene rings is 1. The molecule has 0 aliphatic rings. The van der Waals surface area contributed by atoms with Gasteiger partial charge in [-0.1, -0.05) is 19.1 Å². The van der Waals surface area contributed by atoms with Crippen LogP contribution in [0.2, 0.25) is 0 Å². The van der Waals surface area contributed by atoms with Crippen LogP contribution in [0.3, 0.4) is 0 Å². The minimum atomic E-state index is -0.876. The maximum atomic E-state index is 12.2. The van der Waals surface area contributed by atoms with Gasteiger partial charge in [-0.2, -0.15) is 0 Å². The average Bonchev–Trinajstić information content (AvgIpc) is 2.44. The fraction of sp³-hybridized carbons (Fsp3) is 0.333. The van der Waals surface area contributed by atoms with Gasteiger partial charge < -0.3 is 10.4 Å². The fourth-order valence-corrected chi connectivity index (χ4v) is 1.79. The number of hydrogen-bond donors (Lipinski definition) is 2. The van der Waals surface area contributed by atoms with Gasteiger partial charge in [0.2, 0.25) is 0 Å². The summed E-state index contributed by atoms with van der Waals surface area (Å²) in [5.41, 5.74) is 0.494. The van der Waals surface area contributed by atoms with Crippen molar-refractivity contribution in [3.8, 4) is 0 Å². The highest BCUT2D eigenvalue weighted by Gasteiger charge is 2.19. The first kappa shape index (κ1) is 13.5. The highest BCUT2D eigenvalue weighted by atomic mass is 16.3. The summed E-state index contributed by atoms with van der Waals surface area (Å²) in [7, 11) is 0. The molecule has 2 N–H and O–H groups in total. The van der Waals surface area contributed by atoms with Crippen LogP contribution in [0.15, 0.2) is 36.5 Å². The third kappa shape index (κ3) is 3.09. The number of amides is 1. The summed E-state index contributed by atoms with van der Waals surface area (Å²) in [5.74, 6) is -0.188. The zero-order valence-electron chi connectivity index (χ0n) is 11.2. The van der Waals surface area contributed by atoms with Crippen molar-refractivity contribution in [3.63, 3.8) is 0 Å². The standard InChI is InChI=1S/C15H18N2O2/c1-3-15(2,19)10-17-14(18)12-6-4-8-13-11(12)7-5-9-16-13/h4-9,19H,3,10H2,1-2H3,(H,17,18). The van der Waals surface area contributed by atoms with Crippen molar-refractivity contribution in [2.75, 3.05) is 6.54 Å². The molecular weight excluding hydrogens is 240 g/mol. The summed E-state index contributed by atoms with van der Waals surface area (Å²) in [6.45, 7) is 3.82. The Hall–Kier alpha value is -1.94. The van der Waals surface area contributed by atoms with E-state index in [4.69, 9.17) is 0 Å². The Morgan fingerprint density at radius 1 is 1.37 bits per heavy atom. The first-order valence-electron chi connectivity index (χ1n) is 6.38. The van der Waals surface area contributed by atoms with Crippen molar-refractivity contribution in [3.05, 3.63) is 42.1 Å². The molecule has 2 rings (SSSR count). The van der Waals surface area contributed by atoms with Gasteiger partial charge in [0.1, 0.15) is 0 Å². The molecule has 1 heterocycles. The van der Waals surface area contributed by atoms with E-state index >= 15 is 0 Å². The number of aliphatic hydroxyl groups is 1. The molecule has 0 fully saturated rings. The van der Waals surface area contributed by atoms with Gasteiger partial charge in [0.05, 0.1) is 11.1 Å². The van der Waals surface area contributed by atoms with E-state index in [1.807, 2.05) is 25.1 Å². The quantitative estimate of drug-likeness (QED) is 0.883. The lowest BCUT2D eigenvalue weighted by Gasteiger charge is -2.21. The molecule has 0 spiro atoms. The van der Waals surface area contributed by atoms with Crippen LogP contribution < -0.4 is 5.32 Å². The molecule has 1 aromatic carbocycles. The lowest BCUT2D eigenvalue weighted by Crippen LogP contribution is -2.40. The number of hydrogen-bond acceptors (Lipinski definition) is 3. The predicted molar refractivity (Wildman–Crippen MR) is 75.0 cm³/mol. The zero-order chi connectivity index (χ0) is 13.9. The average molecular weight is 258 g/mol. The van der Waals surface area contributed by atoms with E-state index in [9.17, 15) is 9.90 Å². The summed E-state index contributed by atoms with van der Waals surface area (Å²) in [4.78, 5) is 16.4. The van der Waals surface area contributed by atoms with Gasteiger partial charge in [-0.25, -0.2) is 0 Å². The molecular formula is C15H18N2O2. The maximum Gasteiger partial charge on any atom is 0.252 e. The number of carbonyl (C=O) groups is 1. The van der Waals surface area contributed by atoms with Crippen LogP contribution in [0.25, 0.3) is 10.9 Å². The van der Waals surface area contributed by atoms with Crippen LogP contribution in [0.5, 0.6) is 0 Å². The lowest BCUT2D eigenvalue weighted by molar-refractivity contribution is 0.0519. The third-order valence-corrected chi connectivity index (χ3v) is 3.28. The number of pyridine rings is 1. The normalized spacial score (nSPS) is 14.1. The summed E-state index contributed by atoms with van der Waals surface area (Å²) >= 11 is 0. The second-order valence-electron chi connectivity index (χ2n) is 4.91. The Balaban J connectivity index is 2.23. The van der Waals surface area contributed by atoms with Gasteiger partial charge in [-0.05, 0) is 31.5 Å². The molecule has 4 nitrogen and oxygen atoms in total. The SMILES string of the molecule is CCC(C)(O)CNC(=O)c1cccc2ncccc12. The zero-order valence-corrected chi connectivity index (χ0v) is 11.2. The molecule has 0 saturated heterocycles. The lowest BCUT2D eigenvalue weighted by atomic mass is 10.0. The van der Waals surface area contributed by atoms with Crippen molar-refractivity contribution in [1.29, 1.82) is 0 Å². The molecule has 0 aliphatic carbocycles. The van der Waals surface area contributed by atoms with E-state index in [-0.39, 0.29) is 12.5 Å². The van der Waals surface area contributed by atoms with Crippen LogP contribution in [0.1, 0.15) is 30.6 Å². The predicted octanol–water partition coefficient (Wildman–Crippen LogP) is 2.13. The minimum Gasteiger partial charge on any atom is -0.388 e. The summed E-state index contributed by atoms with van der Waals surface area (Å²) in [6.07, 6.45) is 2.29. The number of aromatic nitrogens is 1. The maximum absolute atomic E-state index is 12.2. The molecule has 100 valence electrons. The Bertz CT molecular complexity index is 588. The van der Waals surface area contributed by atoms with Crippen LogP contribution in [0.4, 0.5) is 0 Å². The van der Waals surface area contributed by atoms with Crippen molar-refractivity contribution >= 4 is 16.8 Å². The van der Waals surface area contributed by atoms with Gasteiger partial charge in [0.15, 0.2) is 0 Å². The van der Waals surface area contributed by atoms with Gasteiger partial charge in [-0.3, -0.25) is 9.78 Å². The molecule has 4 heteroatoms. The van der Waals surface area contributed by atoms with Crippen LogP contribution >= 0.6 is 0 Å². The second-order valence-corrected chi connectivity index (χ2v) is 4.91. The number of nitrogens with one attached hydrogen (secondary N) is 1. The molecule has 19 heavy (non-hydrogen) atoms. The van der Waals surface area contributed by atoms with E-state index < -0.39 is 5.60 Å². The Morgan fingerprint density at radius 2 is 2.16 bits per heavy atom. The number of fused-ring (bicyclic) bond motifs is 1. The summed E-state index contributed by atoms with van der Waals surface area (Å²) in [5, 5.41) is 13.5. The third-order valence-electron chi connectivity index (χ3n) is 3.28. The van der Waals surface area contributed by atoms with Crippen molar-refractivity contribution in [1.82, 2.24) is 10.3 Å². The summed E-state index contributed by atoms with van der Waals surface area (Å²) in [6, 6.07) is 9.12. The van der Waals surface area contributed by atoms with Crippen LogP contribution in [-0.2, 0) is 0 Å². The fourth-order valence-electron chi connectivity index (χ4n) is 1.79. The molecule has 0 saturated carbocycles. The van der Waals surface area contributed by atoms with Gasteiger partial charge >= 0.3 is 0 Å². The van der Waals surface area contributed by atoms with Crippen molar-refractivity contribution in [2.24, 2.45) is 0 Å². The van der Waals surface area contributed by atoms with E-state index in [2.05, 4.69) is 10.3 Å². The largest absolute Gasteiger partial charge is 0.388 e. The number of nitrogens with zero attached hydrogens (tertiary/aromatic N) is 1. The van der Waals surface area contributed by atoms with Crippen LogP contribution in [-0.4, -0.2) is 28.1 Å². The first-order chi connectivity index (χ1) is 9.03. The van der Waals surface area contributed by atoms with E-state index in [1.165, 1.54) is 0 Å². The van der Waals surface area contributed by atoms with Crippen LogP contribution in [0, 0.1) is 0 Å². The molecule has 1 unspecified atom stereocenters. The molecule has 1 amide bonds. The molecule has 0 aliphatic heterocycles. The second kappa shape index (κ2) is 5.36. The van der Waals surface area contributed by atoms with Crippen molar-refractivity contribution < 1.29 is 9.90 Å². The molecule has 1 atom stereocenters. The van der Waals surface area contributed by atoms with Crippen molar-refractivity contribution in [2.45, 2.75) is 25.9 Å². The Labute approximate surface area is 112 Å². The highest BCUT2D eigenvalue weighted by molar-refractivity contribution is 6.06. The Morgan fingerprint density at radius 3 is 2.89 bits per heavy atom. The minimum absolute atomic E-state index is 0.188. The van der Waals surface area contributed by atoms with E-state index in [0.717, 1.165) is 10.9 Å². The van der Waals surface area contributed by atoms with E-state index in [0.29, 0.717) is 12.0 Å².